The lowest BCUT2D eigenvalue weighted by Gasteiger charge is -2.45. The number of rotatable bonds is 13. The van der Waals surface area contributed by atoms with E-state index >= 15 is 0 Å². The van der Waals surface area contributed by atoms with Crippen LogP contribution in [0.1, 0.15) is 61.8 Å². The number of hydrogen-bond acceptors (Lipinski definition) is 4. The molecule has 0 saturated carbocycles. The molecule has 4 aromatic rings. The highest BCUT2D eigenvalue weighted by Crippen LogP contribution is 2.39. The first-order chi connectivity index (χ1) is 21.8. The van der Waals surface area contributed by atoms with E-state index < -0.39 is 16.6 Å². The van der Waals surface area contributed by atoms with Crippen molar-refractivity contribution >= 4 is 43.4 Å². The standard InChI is InChI=1S/C40H52O4Si2/c1-32(2)44-38(41)29-33(30-42-45(39(3,4)5,34-21-13-9-14-22-34)35-23-15-10-16-24-35)31-43-46(40(6,7)8,36-25-17-11-18-26-36)37-27-19-12-20-28-37/h9-28,32-33H,29-31H2,1-8H3. The Bertz CT molecular complexity index is 1310. The summed E-state index contributed by atoms with van der Waals surface area (Å²) >= 11 is 0. The normalized spacial score (nSPS) is 12.8. The predicted octanol–water partition coefficient (Wildman–Crippen LogP) is 7.10. The Morgan fingerprint density at radius 2 is 0.826 bits per heavy atom. The SMILES string of the molecule is CC(C)OC(=O)CC(CO[Si](c1ccccc1)(c1ccccc1)C(C)(C)C)CO[Si](c1ccccc1)(c1ccccc1)C(C)(C)C. The molecule has 0 bridgehead atoms. The Kier molecular flexibility index (Phi) is 11.7. The highest BCUT2D eigenvalue weighted by molar-refractivity contribution is 7.00. The lowest BCUT2D eigenvalue weighted by atomic mass is 10.1. The zero-order valence-corrected chi connectivity index (χ0v) is 31.0. The zero-order valence-electron chi connectivity index (χ0n) is 29.0. The van der Waals surface area contributed by atoms with Crippen LogP contribution in [0, 0.1) is 5.92 Å². The number of hydrogen-bond donors (Lipinski definition) is 0. The quantitative estimate of drug-likeness (QED) is 0.114. The van der Waals surface area contributed by atoms with Crippen molar-refractivity contribution in [1.82, 2.24) is 0 Å². The topological polar surface area (TPSA) is 44.8 Å². The maximum absolute atomic E-state index is 13.3. The summed E-state index contributed by atoms with van der Waals surface area (Å²) in [5, 5.41) is 4.49. The lowest BCUT2D eigenvalue weighted by molar-refractivity contribution is -0.149. The van der Waals surface area contributed by atoms with Crippen molar-refractivity contribution in [2.24, 2.45) is 5.92 Å². The minimum absolute atomic E-state index is 0.183. The Balaban J connectivity index is 1.78. The van der Waals surface area contributed by atoms with Crippen molar-refractivity contribution in [2.45, 2.75) is 78.0 Å². The summed E-state index contributed by atoms with van der Waals surface area (Å²) in [6.07, 6.45) is 0.0255. The number of ether oxygens (including phenoxy) is 1. The van der Waals surface area contributed by atoms with Crippen molar-refractivity contribution in [2.75, 3.05) is 13.2 Å². The largest absolute Gasteiger partial charge is 0.463 e. The highest BCUT2D eigenvalue weighted by Gasteiger charge is 2.52. The Morgan fingerprint density at radius 1 is 0.543 bits per heavy atom. The van der Waals surface area contributed by atoms with Crippen LogP contribution in [0.5, 0.6) is 0 Å². The number of carbonyl (C=O) groups is 1. The van der Waals surface area contributed by atoms with Crippen molar-refractivity contribution < 1.29 is 18.4 Å². The van der Waals surface area contributed by atoms with Crippen LogP contribution in [0.3, 0.4) is 0 Å². The van der Waals surface area contributed by atoms with Crippen molar-refractivity contribution in [3.63, 3.8) is 0 Å². The van der Waals surface area contributed by atoms with Gasteiger partial charge in [-0.05, 0) is 44.7 Å². The minimum atomic E-state index is -2.83. The summed E-state index contributed by atoms with van der Waals surface area (Å²) in [7, 11) is -5.66. The Labute approximate surface area is 279 Å². The minimum Gasteiger partial charge on any atom is -0.463 e. The van der Waals surface area contributed by atoms with Crippen LogP contribution in [-0.4, -0.2) is 41.9 Å². The fourth-order valence-electron chi connectivity index (χ4n) is 6.72. The van der Waals surface area contributed by atoms with Gasteiger partial charge in [0.1, 0.15) is 0 Å². The molecule has 0 fully saturated rings. The van der Waals surface area contributed by atoms with E-state index in [1.165, 1.54) is 20.7 Å². The Hall–Kier alpha value is -3.30. The maximum atomic E-state index is 13.3. The van der Waals surface area contributed by atoms with Gasteiger partial charge in [-0.25, -0.2) is 0 Å². The van der Waals surface area contributed by atoms with Gasteiger partial charge in [0.25, 0.3) is 16.6 Å². The van der Waals surface area contributed by atoms with Crippen LogP contribution < -0.4 is 20.7 Å². The zero-order chi connectivity index (χ0) is 33.4. The van der Waals surface area contributed by atoms with Gasteiger partial charge in [0, 0.05) is 19.1 Å². The summed E-state index contributed by atoms with van der Waals surface area (Å²) in [6, 6.07) is 42.6. The molecule has 0 atom stereocenters. The van der Waals surface area contributed by atoms with Gasteiger partial charge in [-0.3, -0.25) is 4.79 Å². The summed E-state index contributed by atoms with van der Waals surface area (Å²) in [5.74, 6) is -0.438. The molecule has 0 unspecified atom stereocenters. The molecular formula is C40H52O4Si2. The molecule has 244 valence electrons. The second-order valence-corrected chi connectivity index (χ2v) is 23.2. The fourth-order valence-corrected chi connectivity index (χ4v) is 16.0. The molecule has 4 aromatic carbocycles. The maximum Gasteiger partial charge on any atom is 0.306 e. The van der Waals surface area contributed by atoms with E-state index in [1.54, 1.807) is 0 Å². The van der Waals surface area contributed by atoms with Crippen LogP contribution in [-0.2, 0) is 18.4 Å². The van der Waals surface area contributed by atoms with Crippen LogP contribution in [0.15, 0.2) is 121 Å². The summed E-state index contributed by atoms with van der Waals surface area (Å²) in [4.78, 5) is 13.3. The van der Waals surface area contributed by atoms with E-state index in [2.05, 4.69) is 163 Å². The smallest absolute Gasteiger partial charge is 0.306 e. The molecule has 46 heavy (non-hydrogen) atoms. The van der Waals surface area contributed by atoms with Crippen LogP contribution in [0.4, 0.5) is 0 Å². The average Bonchev–Trinajstić information content (AvgIpc) is 3.02. The first-order valence-electron chi connectivity index (χ1n) is 16.5. The van der Waals surface area contributed by atoms with Gasteiger partial charge in [0.2, 0.25) is 0 Å². The molecule has 0 amide bonds. The van der Waals surface area contributed by atoms with E-state index in [-0.39, 0.29) is 34.5 Å². The van der Waals surface area contributed by atoms with Gasteiger partial charge < -0.3 is 13.6 Å². The first kappa shape index (κ1) is 35.6. The van der Waals surface area contributed by atoms with E-state index in [0.717, 1.165) is 0 Å². The molecule has 0 saturated heterocycles. The third-order valence-corrected chi connectivity index (χ3v) is 18.7. The number of benzene rings is 4. The summed E-state index contributed by atoms with van der Waals surface area (Å²) in [6.45, 7) is 18.2. The first-order valence-corrected chi connectivity index (χ1v) is 20.3. The third kappa shape index (κ3) is 7.80. The van der Waals surface area contributed by atoms with Gasteiger partial charge in [0.15, 0.2) is 0 Å². The average molecular weight is 653 g/mol. The summed E-state index contributed by atoms with van der Waals surface area (Å²) in [5.41, 5.74) is 0. The van der Waals surface area contributed by atoms with Crippen molar-refractivity contribution in [3.8, 4) is 0 Å². The third-order valence-electron chi connectivity index (χ3n) is 8.73. The molecule has 0 aliphatic heterocycles. The molecule has 0 aliphatic carbocycles. The second kappa shape index (κ2) is 15.1. The second-order valence-electron chi connectivity index (χ2n) is 14.6. The highest BCUT2D eigenvalue weighted by atomic mass is 28.4. The number of esters is 1. The fraction of sp³-hybridized carbons (Fsp3) is 0.375. The van der Waals surface area contributed by atoms with Crippen LogP contribution in [0.2, 0.25) is 10.1 Å². The van der Waals surface area contributed by atoms with E-state index in [9.17, 15) is 4.79 Å². The molecule has 6 heteroatoms. The molecule has 4 rings (SSSR count). The van der Waals surface area contributed by atoms with Gasteiger partial charge >= 0.3 is 5.97 Å². The molecule has 0 aromatic heterocycles. The predicted molar refractivity (Wildman–Crippen MR) is 196 cm³/mol. The van der Waals surface area contributed by atoms with Crippen molar-refractivity contribution in [3.05, 3.63) is 121 Å². The van der Waals surface area contributed by atoms with Crippen LogP contribution in [0.25, 0.3) is 0 Å². The monoisotopic (exact) mass is 652 g/mol. The molecule has 4 nitrogen and oxygen atoms in total. The van der Waals surface area contributed by atoms with E-state index in [0.29, 0.717) is 13.2 Å². The molecule has 0 N–H and O–H groups in total. The lowest BCUT2D eigenvalue weighted by Crippen LogP contribution is -2.68. The van der Waals surface area contributed by atoms with Gasteiger partial charge in [-0.15, -0.1) is 0 Å². The molecule has 0 radical (unpaired) electrons. The van der Waals surface area contributed by atoms with E-state index in [4.69, 9.17) is 13.6 Å². The van der Waals surface area contributed by atoms with Gasteiger partial charge in [-0.2, -0.15) is 0 Å². The summed E-state index contributed by atoms with van der Waals surface area (Å²) < 4.78 is 20.4. The van der Waals surface area contributed by atoms with Gasteiger partial charge in [-0.1, -0.05) is 163 Å². The molecule has 0 heterocycles. The number of carbonyl (C=O) groups excluding carboxylic acids is 1. The van der Waals surface area contributed by atoms with Crippen molar-refractivity contribution in [1.29, 1.82) is 0 Å². The Morgan fingerprint density at radius 3 is 1.07 bits per heavy atom. The van der Waals surface area contributed by atoms with Gasteiger partial charge in [0.05, 0.1) is 12.5 Å². The van der Waals surface area contributed by atoms with E-state index in [1.807, 2.05) is 13.8 Å². The molecular weight excluding hydrogens is 601 g/mol. The molecule has 0 spiro atoms. The van der Waals surface area contributed by atoms with Crippen LogP contribution >= 0.6 is 0 Å². The molecule has 0 aliphatic rings.